The first-order valence-electron chi connectivity index (χ1n) is 10.5. The van der Waals surface area contributed by atoms with Crippen molar-refractivity contribution < 1.29 is 17.9 Å². The van der Waals surface area contributed by atoms with Gasteiger partial charge in [-0.3, -0.25) is 4.79 Å². The largest absolute Gasteiger partial charge is 0.483 e. The van der Waals surface area contributed by atoms with Crippen LogP contribution < -0.4 is 9.04 Å². The summed E-state index contributed by atoms with van der Waals surface area (Å²) in [6.07, 6.45) is 0. The molecule has 7 heteroatoms. The van der Waals surface area contributed by atoms with Crippen LogP contribution in [0.15, 0.2) is 76.1 Å². The van der Waals surface area contributed by atoms with Gasteiger partial charge >= 0.3 is 0 Å². The van der Waals surface area contributed by atoms with Crippen molar-refractivity contribution in [2.45, 2.75) is 44.9 Å². The summed E-state index contributed by atoms with van der Waals surface area (Å²) in [5.41, 5.74) is 2.60. The summed E-state index contributed by atoms with van der Waals surface area (Å²) in [7, 11) is -4.15. The second-order valence-corrected chi connectivity index (χ2v) is 11.6. The molecule has 0 fully saturated rings. The number of rotatable bonds is 6. The van der Waals surface area contributed by atoms with Gasteiger partial charge in [0.05, 0.1) is 10.6 Å². The number of amides is 1. The lowest BCUT2D eigenvalue weighted by Crippen LogP contribution is -2.40. The molecule has 1 amide bonds. The van der Waals surface area contributed by atoms with Crippen molar-refractivity contribution in [3.05, 3.63) is 87.9 Å². The zero-order valence-electron chi connectivity index (χ0n) is 19.4. The Kier molecular flexibility index (Phi) is 7.34. The molecule has 0 saturated heterocycles. The quantitative estimate of drug-likeness (QED) is 0.383. The zero-order chi connectivity index (χ0) is 24.4. The van der Waals surface area contributed by atoms with Crippen molar-refractivity contribution >= 4 is 37.5 Å². The minimum atomic E-state index is -4.15. The van der Waals surface area contributed by atoms with Gasteiger partial charge in [0, 0.05) is 10.0 Å². The van der Waals surface area contributed by atoms with E-state index in [-0.39, 0.29) is 10.3 Å². The van der Waals surface area contributed by atoms with Crippen LogP contribution in [-0.2, 0) is 20.2 Å². The number of aryl methyl sites for hydroxylation is 1. The van der Waals surface area contributed by atoms with Crippen molar-refractivity contribution in [2.75, 3.05) is 10.9 Å². The normalized spacial score (nSPS) is 11.8. The van der Waals surface area contributed by atoms with E-state index in [1.165, 1.54) is 12.1 Å². The third-order valence-electron chi connectivity index (χ3n) is 5.40. The van der Waals surface area contributed by atoms with Gasteiger partial charge < -0.3 is 4.74 Å². The maximum Gasteiger partial charge on any atom is 0.278 e. The first-order valence-corrected chi connectivity index (χ1v) is 12.8. The smallest absolute Gasteiger partial charge is 0.278 e. The van der Waals surface area contributed by atoms with Gasteiger partial charge in [-0.25, -0.2) is 8.42 Å². The molecule has 0 aliphatic heterocycles. The van der Waals surface area contributed by atoms with E-state index in [9.17, 15) is 13.2 Å². The molecule has 3 aromatic carbocycles. The van der Waals surface area contributed by atoms with E-state index in [0.29, 0.717) is 17.0 Å². The topological polar surface area (TPSA) is 63.7 Å². The van der Waals surface area contributed by atoms with Crippen LogP contribution in [0.2, 0.25) is 0 Å². The molecule has 0 aliphatic carbocycles. The van der Waals surface area contributed by atoms with Gasteiger partial charge in [-0.05, 0) is 66.8 Å². The Morgan fingerprint density at radius 3 is 2.27 bits per heavy atom. The van der Waals surface area contributed by atoms with Crippen molar-refractivity contribution in [1.82, 2.24) is 0 Å². The van der Waals surface area contributed by atoms with Crippen LogP contribution in [0.4, 0.5) is 5.69 Å². The van der Waals surface area contributed by atoms with E-state index in [0.717, 1.165) is 19.9 Å². The fraction of sp³-hybridized carbons (Fsp3) is 0.269. The maximum absolute atomic E-state index is 13.6. The number of nitrogens with zero attached hydrogens (tertiary/aromatic N) is 1. The molecule has 0 spiro atoms. The lowest BCUT2D eigenvalue weighted by atomic mass is 9.86. The summed E-state index contributed by atoms with van der Waals surface area (Å²) in [6, 6.07) is 18.8. The second kappa shape index (κ2) is 9.69. The van der Waals surface area contributed by atoms with Crippen LogP contribution in [0.25, 0.3) is 0 Å². The van der Waals surface area contributed by atoms with Crippen molar-refractivity contribution in [3.8, 4) is 5.75 Å². The van der Waals surface area contributed by atoms with Crippen LogP contribution in [0.1, 0.15) is 37.5 Å². The fourth-order valence-corrected chi connectivity index (χ4v) is 5.31. The highest BCUT2D eigenvalue weighted by Gasteiger charge is 2.33. The van der Waals surface area contributed by atoms with E-state index in [1.807, 2.05) is 45.9 Å². The van der Waals surface area contributed by atoms with Crippen LogP contribution in [0.3, 0.4) is 0 Å². The molecular weight excluding hydrogens is 502 g/mol. The number of halogens is 1. The van der Waals surface area contributed by atoms with Crippen molar-refractivity contribution in [2.24, 2.45) is 0 Å². The Hall–Kier alpha value is -2.64. The SMILES string of the molecule is Cc1cccc(N(C(=O)COc2ccc(Br)cc2C(C)(C)C)S(=O)(=O)c2ccccc2)c1C. The van der Waals surface area contributed by atoms with Crippen LogP contribution in [0, 0.1) is 13.8 Å². The molecular formula is C26H28BrNO4S. The molecule has 0 aliphatic rings. The highest BCUT2D eigenvalue weighted by atomic mass is 79.9. The molecule has 0 saturated carbocycles. The molecule has 0 aromatic heterocycles. The minimum absolute atomic E-state index is 0.0401. The summed E-state index contributed by atoms with van der Waals surface area (Å²) < 4.78 is 34.8. The lowest BCUT2D eigenvalue weighted by molar-refractivity contribution is -0.119. The summed E-state index contributed by atoms with van der Waals surface area (Å²) >= 11 is 3.48. The number of hydrogen-bond donors (Lipinski definition) is 0. The van der Waals surface area contributed by atoms with Crippen molar-refractivity contribution in [3.63, 3.8) is 0 Å². The van der Waals surface area contributed by atoms with E-state index in [4.69, 9.17) is 4.74 Å². The van der Waals surface area contributed by atoms with Gasteiger partial charge in [-0.2, -0.15) is 4.31 Å². The van der Waals surface area contributed by atoms with Gasteiger partial charge in [0.25, 0.3) is 15.9 Å². The molecule has 0 bridgehead atoms. The maximum atomic E-state index is 13.6. The highest BCUT2D eigenvalue weighted by molar-refractivity contribution is 9.10. The molecule has 5 nitrogen and oxygen atoms in total. The van der Waals surface area contributed by atoms with E-state index < -0.39 is 22.5 Å². The van der Waals surface area contributed by atoms with Gasteiger partial charge in [-0.1, -0.05) is 67.0 Å². The predicted molar refractivity (Wildman–Crippen MR) is 135 cm³/mol. The van der Waals surface area contributed by atoms with Crippen LogP contribution in [-0.4, -0.2) is 20.9 Å². The van der Waals surface area contributed by atoms with E-state index >= 15 is 0 Å². The Bertz CT molecular complexity index is 1270. The number of benzene rings is 3. The monoisotopic (exact) mass is 529 g/mol. The molecule has 3 rings (SSSR count). The molecule has 174 valence electrons. The number of ether oxygens (including phenoxy) is 1. The minimum Gasteiger partial charge on any atom is -0.483 e. The van der Waals surface area contributed by atoms with Gasteiger partial charge in [0.15, 0.2) is 6.61 Å². The summed E-state index contributed by atoms with van der Waals surface area (Å²) in [4.78, 5) is 13.5. The zero-order valence-corrected chi connectivity index (χ0v) is 21.8. The summed E-state index contributed by atoms with van der Waals surface area (Å²) in [5.74, 6) is -0.132. The third kappa shape index (κ3) is 5.47. The highest BCUT2D eigenvalue weighted by Crippen LogP contribution is 2.34. The van der Waals surface area contributed by atoms with Crippen molar-refractivity contribution in [1.29, 1.82) is 0 Å². The summed E-state index contributed by atoms with van der Waals surface area (Å²) in [5, 5.41) is 0. The van der Waals surface area contributed by atoms with Gasteiger partial charge in [0.1, 0.15) is 5.75 Å². The number of carbonyl (C=O) groups excluding carboxylic acids is 1. The van der Waals surface area contributed by atoms with E-state index in [2.05, 4.69) is 15.9 Å². The second-order valence-electron chi connectivity index (χ2n) is 8.87. The average molecular weight is 530 g/mol. The van der Waals surface area contributed by atoms with E-state index in [1.54, 1.807) is 43.3 Å². The standard InChI is InChI=1S/C26H28BrNO4S/c1-18-10-9-13-23(19(18)2)28(33(30,31)21-11-7-6-8-12-21)25(29)17-32-24-15-14-20(27)16-22(24)26(3,4)5/h6-16H,17H2,1-5H3. The average Bonchev–Trinajstić information content (AvgIpc) is 2.76. The predicted octanol–water partition coefficient (Wildman–Crippen LogP) is 6.16. The lowest BCUT2D eigenvalue weighted by Gasteiger charge is -2.26. The number of hydrogen-bond acceptors (Lipinski definition) is 4. The van der Waals surface area contributed by atoms with Crippen LogP contribution in [0.5, 0.6) is 5.75 Å². The third-order valence-corrected chi connectivity index (χ3v) is 7.65. The Morgan fingerprint density at radius 2 is 1.64 bits per heavy atom. The molecule has 0 unspecified atom stereocenters. The number of sulfonamides is 1. The Labute approximate surface area is 204 Å². The fourth-order valence-electron chi connectivity index (χ4n) is 3.46. The molecule has 3 aromatic rings. The molecule has 0 N–H and O–H groups in total. The number of carbonyl (C=O) groups is 1. The first-order chi connectivity index (χ1) is 15.4. The molecule has 0 atom stereocenters. The molecule has 0 radical (unpaired) electrons. The Morgan fingerprint density at radius 1 is 0.970 bits per heavy atom. The molecule has 33 heavy (non-hydrogen) atoms. The Balaban J connectivity index is 2.03. The van der Waals surface area contributed by atoms with Gasteiger partial charge in [-0.15, -0.1) is 0 Å². The summed E-state index contributed by atoms with van der Waals surface area (Å²) in [6.45, 7) is 9.40. The first kappa shape index (κ1) is 25.0. The van der Waals surface area contributed by atoms with Crippen LogP contribution >= 0.6 is 15.9 Å². The number of anilines is 1. The molecule has 0 heterocycles. The van der Waals surface area contributed by atoms with Gasteiger partial charge in [0.2, 0.25) is 0 Å².